The molecule has 5 heteroatoms. The fraction of sp³-hybridized carbons (Fsp3) is 0.310. The molecule has 3 aromatic rings. The first-order chi connectivity index (χ1) is 16.4. The van der Waals surface area contributed by atoms with Crippen LogP contribution < -0.4 is 0 Å². The van der Waals surface area contributed by atoms with Gasteiger partial charge in [-0.15, -0.1) is 0 Å². The highest BCUT2D eigenvalue weighted by Crippen LogP contribution is 2.56. The number of fused-ring (bicyclic) bond motifs is 1. The van der Waals surface area contributed by atoms with E-state index in [9.17, 15) is 13.2 Å². The maximum Gasteiger partial charge on any atom is 0.392 e. The molecule has 0 bridgehead atoms. The summed E-state index contributed by atoms with van der Waals surface area (Å²) in [5.41, 5.74) is 4.10. The minimum atomic E-state index is -4.26. The Morgan fingerprint density at radius 3 is 2.15 bits per heavy atom. The molecule has 0 saturated carbocycles. The number of nitrogens with zero attached hydrogens (tertiary/aromatic N) is 1. The molecule has 0 radical (unpaired) electrons. The number of piperidine rings is 1. The van der Waals surface area contributed by atoms with Crippen LogP contribution in [0.3, 0.4) is 0 Å². The van der Waals surface area contributed by atoms with Crippen molar-refractivity contribution in [3.05, 3.63) is 113 Å². The normalized spacial score (nSPS) is 25.5. The Hall–Kier alpha value is -2.56. The summed E-state index contributed by atoms with van der Waals surface area (Å²) in [5, 5.41) is 0.589. The van der Waals surface area contributed by atoms with E-state index in [2.05, 4.69) is 4.90 Å². The fourth-order valence-corrected chi connectivity index (χ4v) is 6.05. The zero-order valence-corrected chi connectivity index (χ0v) is 19.5. The van der Waals surface area contributed by atoms with Gasteiger partial charge in [0.2, 0.25) is 0 Å². The van der Waals surface area contributed by atoms with Gasteiger partial charge in [0.05, 0.1) is 5.92 Å². The molecule has 5 rings (SSSR count). The predicted octanol–water partition coefficient (Wildman–Crippen LogP) is 8.19. The van der Waals surface area contributed by atoms with Gasteiger partial charge in [-0.25, -0.2) is 0 Å². The first kappa shape index (κ1) is 23.2. The lowest BCUT2D eigenvalue weighted by Crippen LogP contribution is -2.50. The maximum atomic E-state index is 14.5. The van der Waals surface area contributed by atoms with Crippen LogP contribution in [0.1, 0.15) is 35.6 Å². The summed E-state index contributed by atoms with van der Waals surface area (Å²) in [5.74, 6) is -2.11. The van der Waals surface area contributed by atoms with Crippen molar-refractivity contribution in [2.45, 2.75) is 31.6 Å². The molecule has 2 aliphatic rings. The van der Waals surface area contributed by atoms with Crippen molar-refractivity contribution >= 4 is 17.2 Å². The highest BCUT2D eigenvalue weighted by Gasteiger charge is 2.54. The first-order valence-corrected chi connectivity index (χ1v) is 12.2. The van der Waals surface area contributed by atoms with Crippen LogP contribution in [0.25, 0.3) is 5.57 Å². The summed E-state index contributed by atoms with van der Waals surface area (Å²) in [6.45, 7) is 1.35. The lowest BCUT2D eigenvalue weighted by Gasteiger charge is -2.51. The molecule has 1 aliphatic heterocycles. The Morgan fingerprint density at radius 2 is 1.50 bits per heavy atom. The van der Waals surface area contributed by atoms with Gasteiger partial charge < -0.3 is 0 Å². The summed E-state index contributed by atoms with van der Waals surface area (Å²) < 4.78 is 43.4. The van der Waals surface area contributed by atoms with E-state index in [1.807, 2.05) is 78.9 Å². The molecule has 0 unspecified atom stereocenters. The predicted molar refractivity (Wildman–Crippen MR) is 131 cm³/mol. The van der Waals surface area contributed by atoms with Crippen molar-refractivity contribution in [1.29, 1.82) is 0 Å². The first-order valence-electron chi connectivity index (χ1n) is 11.8. The molecular weight excluding hydrogens is 455 g/mol. The zero-order valence-electron chi connectivity index (χ0n) is 18.8. The van der Waals surface area contributed by atoms with E-state index in [0.29, 0.717) is 18.0 Å². The van der Waals surface area contributed by atoms with E-state index in [1.165, 1.54) is 0 Å². The van der Waals surface area contributed by atoms with Crippen LogP contribution in [0.15, 0.2) is 91.0 Å². The van der Waals surface area contributed by atoms with Crippen LogP contribution in [0.4, 0.5) is 13.2 Å². The summed E-state index contributed by atoms with van der Waals surface area (Å²) in [4.78, 5) is 2.24. The Morgan fingerprint density at radius 1 is 0.853 bits per heavy atom. The summed E-state index contributed by atoms with van der Waals surface area (Å²) in [6, 6.07) is 27.0. The van der Waals surface area contributed by atoms with Gasteiger partial charge in [-0.3, -0.25) is 4.90 Å². The van der Waals surface area contributed by atoms with Gasteiger partial charge in [0.15, 0.2) is 0 Å². The van der Waals surface area contributed by atoms with Gasteiger partial charge >= 0.3 is 6.18 Å². The molecule has 0 N–H and O–H groups in total. The van der Waals surface area contributed by atoms with Crippen LogP contribution in [0.2, 0.25) is 5.02 Å². The minimum Gasteiger partial charge on any atom is -0.292 e. The largest absolute Gasteiger partial charge is 0.392 e. The van der Waals surface area contributed by atoms with Gasteiger partial charge in [0.25, 0.3) is 0 Å². The number of benzene rings is 3. The van der Waals surface area contributed by atoms with E-state index in [4.69, 9.17) is 11.6 Å². The van der Waals surface area contributed by atoms with Crippen molar-refractivity contribution in [1.82, 2.24) is 4.90 Å². The second-order valence-corrected chi connectivity index (χ2v) is 9.77. The Bertz CT molecular complexity index is 1130. The van der Waals surface area contributed by atoms with Crippen LogP contribution in [0.5, 0.6) is 0 Å². The third-order valence-corrected chi connectivity index (χ3v) is 7.63. The quantitative estimate of drug-likeness (QED) is 0.363. The number of alkyl halides is 3. The van der Waals surface area contributed by atoms with Gasteiger partial charge in [-0.2, -0.15) is 13.2 Å². The molecule has 1 fully saturated rings. The van der Waals surface area contributed by atoms with Gasteiger partial charge in [-0.1, -0.05) is 90.5 Å². The topological polar surface area (TPSA) is 3.24 Å². The molecule has 0 amide bonds. The molecule has 1 aliphatic carbocycles. The van der Waals surface area contributed by atoms with E-state index >= 15 is 0 Å². The molecule has 1 heterocycles. The standard InChI is InChI=1S/C29H27ClF3N/c30-23-13-11-22(12-14-23)28-27-25(17-18-34(28)19-20-7-3-1-4-8-20)24(21-9-5-2-6-10-21)15-16-26(27)29(31,32)33/h1-15,25-28H,16-19H2/t25-,26+,27+,28+/m0/s1. The third kappa shape index (κ3) is 4.67. The summed E-state index contributed by atoms with van der Waals surface area (Å²) >= 11 is 6.16. The van der Waals surface area contributed by atoms with E-state index in [0.717, 1.165) is 28.8 Å². The molecule has 0 aromatic heterocycles. The molecule has 176 valence electrons. The highest BCUT2D eigenvalue weighted by atomic mass is 35.5. The Kier molecular flexibility index (Phi) is 6.54. The van der Waals surface area contributed by atoms with Gasteiger partial charge in [0.1, 0.15) is 0 Å². The molecule has 34 heavy (non-hydrogen) atoms. The molecule has 1 saturated heterocycles. The van der Waals surface area contributed by atoms with Crippen molar-refractivity contribution in [2.75, 3.05) is 6.54 Å². The second-order valence-electron chi connectivity index (χ2n) is 9.33. The molecule has 3 aromatic carbocycles. The highest BCUT2D eigenvalue weighted by molar-refractivity contribution is 6.30. The van der Waals surface area contributed by atoms with Crippen molar-refractivity contribution < 1.29 is 13.2 Å². The number of rotatable bonds is 4. The molecule has 1 nitrogen and oxygen atoms in total. The Labute approximate surface area is 203 Å². The number of hydrogen-bond acceptors (Lipinski definition) is 1. The van der Waals surface area contributed by atoms with Crippen molar-refractivity contribution in [3.63, 3.8) is 0 Å². The average Bonchev–Trinajstić information content (AvgIpc) is 2.84. The van der Waals surface area contributed by atoms with Crippen molar-refractivity contribution in [2.24, 2.45) is 17.8 Å². The minimum absolute atomic E-state index is 0.0121. The van der Waals surface area contributed by atoms with Crippen LogP contribution in [-0.2, 0) is 6.54 Å². The third-order valence-electron chi connectivity index (χ3n) is 7.37. The Balaban J connectivity index is 1.60. The van der Waals surface area contributed by atoms with E-state index < -0.39 is 18.0 Å². The number of hydrogen-bond donors (Lipinski definition) is 0. The van der Waals surface area contributed by atoms with Crippen LogP contribution in [-0.4, -0.2) is 17.6 Å². The zero-order chi connectivity index (χ0) is 23.7. The second kappa shape index (κ2) is 9.59. The summed E-state index contributed by atoms with van der Waals surface area (Å²) in [6.07, 6.45) is -1.70. The van der Waals surface area contributed by atoms with Crippen LogP contribution >= 0.6 is 11.6 Å². The SMILES string of the molecule is FC(F)(F)[C@@H]1CC=C(c2ccccc2)[C@@H]2CCN(Cc3ccccc3)[C@H](c3ccc(Cl)cc3)[C@@H]12. The van der Waals surface area contributed by atoms with Gasteiger partial charge in [0, 0.05) is 17.6 Å². The monoisotopic (exact) mass is 481 g/mol. The van der Waals surface area contributed by atoms with Crippen molar-refractivity contribution in [3.8, 4) is 0 Å². The van der Waals surface area contributed by atoms with Gasteiger partial charge in [-0.05, 0) is 65.6 Å². The smallest absolute Gasteiger partial charge is 0.292 e. The maximum absolute atomic E-state index is 14.5. The fourth-order valence-electron chi connectivity index (χ4n) is 5.93. The lowest BCUT2D eigenvalue weighted by atomic mass is 9.62. The average molecular weight is 482 g/mol. The summed E-state index contributed by atoms with van der Waals surface area (Å²) in [7, 11) is 0. The lowest BCUT2D eigenvalue weighted by molar-refractivity contribution is -0.205. The number of likely N-dealkylation sites (tertiary alicyclic amines) is 1. The van der Waals surface area contributed by atoms with E-state index in [1.54, 1.807) is 12.1 Å². The number of halogens is 4. The number of allylic oxidation sites excluding steroid dienone is 2. The molecule has 0 spiro atoms. The van der Waals surface area contributed by atoms with E-state index in [-0.39, 0.29) is 18.4 Å². The van der Waals surface area contributed by atoms with Crippen LogP contribution in [0, 0.1) is 17.8 Å². The molecule has 4 atom stereocenters. The molecular formula is C29H27ClF3N.